The maximum Gasteiger partial charge on any atom is 0.233 e. The van der Waals surface area contributed by atoms with Gasteiger partial charge in [-0.15, -0.1) is 0 Å². The molecule has 24 heavy (non-hydrogen) atoms. The third-order valence-electron chi connectivity index (χ3n) is 5.50. The van der Waals surface area contributed by atoms with Crippen molar-refractivity contribution < 1.29 is 19.0 Å². The summed E-state index contributed by atoms with van der Waals surface area (Å²) in [5, 5.41) is 10.3. The predicted octanol–water partition coefficient (Wildman–Crippen LogP) is 2.49. The van der Waals surface area contributed by atoms with Gasteiger partial charge in [-0.2, -0.15) is 0 Å². The van der Waals surface area contributed by atoms with E-state index in [-0.39, 0.29) is 23.7 Å². The quantitative estimate of drug-likeness (QED) is 0.923. The van der Waals surface area contributed by atoms with Gasteiger partial charge < -0.3 is 14.7 Å². The van der Waals surface area contributed by atoms with Gasteiger partial charge in [0.25, 0.3) is 0 Å². The van der Waals surface area contributed by atoms with Gasteiger partial charge in [-0.3, -0.25) is 4.79 Å². The Hall–Kier alpha value is -1.46. The second-order valence-electron chi connectivity index (χ2n) is 7.41. The molecule has 2 aliphatic heterocycles. The lowest BCUT2D eigenvalue weighted by Gasteiger charge is -2.40. The molecule has 0 radical (unpaired) electrons. The number of ether oxygens (including phenoxy) is 1. The van der Waals surface area contributed by atoms with Gasteiger partial charge in [-0.25, -0.2) is 4.39 Å². The van der Waals surface area contributed by atoms with Gasteiger partial charge in [0, 0.05) is 30.7 Å². The average molecular weight is 335 g/mol. The maximum atomic E-state index is 14.2. The molecule has 0 spiro atoms. The van der Waals surface area contributed by atoms with Gasteiger partial charge in [0.1, 0.15) is 5.82 Å². The van der Waals surface area contributed by atoms with Gasteiger partial charge in [0.2, 0.25) is 5.91 Å². The monoisotopic (exact) mass is 335 g/mol. The lowest BCUT2D eigenvalue weighted by molar-refractivity contribution is -0.141. The first-order valence-electron chi connectivity index (χ1n) is 8.75. The van der Waals surface area contributed by atoms with E-state index in [1.165, 1.54) is 6.07 Å². The molecular formula is C19H26FNO3. The molecule has 3 atom stereocenters. The summed E-state index contributed by atoms with van der Waals surface area (Å²) < 4.78 is 19.7. The number of carbonyl (C=O) groups is 1. The lowest BCUT2D eigenvalue weighted by Crippen LogP contribution is -2.52. The summed E-state index contributed by atoms with van der Waals surface area (Å²) in [6, 6.07) is 6.43. The number of nitrogens with zero attached hydrogens (tertiary/aromatic N) is 1. The highest BCUT2D eigenvalue weighted by molar-refractivity contribution is 5.88. The molecular weight excluding hydrogens is 309 g/mol. The molecule has 0 saturated carbocycles. The number of rotatable bonds is 3. The fraction of sp³-hybridized carbons (Fsp3) is 0.632. The second kappa shape index (κ2) is 6.81. The van der Waals surface area contributed by atoms with Crippen LogP contribution in [0.3, 0.4) is 0 Å². The molecule has 2 fully saturated rings. The van der Waals surface area contributed by atoms with Crippen molar-refractivity contribution in [2.45, 2.75) is 50.7 Å². The number of likely N-dealkylation sites (tertiary alicyclic amines) is 1. The summed E-state index contributed by atoms with van der Waals surface area (Å²) in [7, 11) is 0. The zero-order valence-corrected chi connectivity index (χ0v) is 14.4. The summed E-state index contributed by atoms with van der Waals surface area (Å²) in [5.74, 6) is -0.484. The van der Waals surface area contributed by atoms with Crippen LogP contribution in [-0.4, -0.2) is 47.8 Å². The Bertz CT molecular complexity index is 604. The van der Waals surface area contributed by atoms with E-state index in [0.717, 1.165) is 12.8 Å². The number of benzene rings is 1. The Labute approximate surface area is 142 Å². The molecule has 1 amide bonds. The van der Waals surface area contributed by atoms with Crippen LogP contribution in [0.2, 0.25) is 0 Å². The highest BCUT2D eigenvalue weighted by Gasteiger charge is 2.44. The Morgan fingerprint density at radius 1 is 1.33 bits per heavy atom. The summed E-state index contributed by atoms with van der Waals surface area (Å²) in [6.45, 7) is 5.26. The van der Waals surface area contributed by atoms with Crippen LogP contribution >= 0.6 is 0 Å². The van der Waals surface area contributed by atoms with Crippen LogP contribution in [-0.2, 0) is 14.9 Å². The Morgan fingerprint density at radius 3 is 2.79 bits per heavy atom. The number of halogens is 1. The minimum atomic E-state index is -0.936. The van der Waals surface area contributed by atoms with Crippen molar-refractivity contribution in [1.82, 2.24) is 4.90 Å². The molecule has 5 heteroatoms. The molecule has 1 N–H and O–H groups in total. The highest BCUT2D eigenvalue weighted by atomic mass is 19.1. The van der Waals surface area contributed by atoms with Crippen molar-refractivity contribution in [3.05, 3.63) is 35.6 Å². The first kappa shape index (κ1) is 17.4. The van der Waals surface area contributed by atoms with E-state index in [9.17, 15) is 14.3 Å². The number of aliphatic hydroxyl groups excluding tert-OH is 1. The number of aliphatic hydroxyl groups is 1. The van der Waals surface area contributed by atoms with E-state index in [4.69, 9.17) is 4.74 Å². The number of hydrogen-bond acceptors (Lipinski definition) is 3. The van der Waals surface area contributed by atoms with Gasteiger partial charge in [-0.1, -0.05) is 18.2 Å². The van der Waals surface area contributed by atoms with Gasteiger partial charge >= 0.3 is 0 Å². The molecule has 2 saturated heterocycles. The van der Waals surface area contributed by atoms with Crippen LogP contribution in [0.4, 0.5) is 4.39 Å². The zero-order valence-electron chi connectivity index (χ0n) is 14.4. The number of amides is 1. The maximum absolute atomic E-state index is 14.2. The zero-order chi connectivity index (χ0) is 17.3. The van der Waals surface area contributed by atoms with Gasteiger partial charge in [0.15, 0.2) is 0 Å². The molecule has 3 unspecified atom stereocenters. The number of hydrogen-bond donors (Lipinski definition) is 1. The molecule has 2 heterocycles. The third kappa shape index (κ3) is 3.07. The Balaban J connectivity index is 1.84. The molecule has 0 bridgehead atoms. The van der Waals surface area contributed by atoms with Crippen molar-refractivity contribution >= 4 is 5.91 Å². The summed E-state index contributed by atoms with van der Waals surface area (Å²) in [4.78, 5) is 15.1. The topological polar surface area (TPSA) is 49.8 Å². The fourth-order valence-electron chi connectivity index (χ4n) is 4.05. The van der Waals surface area contributed by atoms with Crippen LogP contribution in [0, 0.1) is 11.7 Å². The van der Waals surface area contributed by atoms with E-state index >= 15 is 0 Å². The van der Waals surface area contributed by atoms with Crippen LogP contribution in [0.5, 0.6) is 0 Å². The molecule has 0 aromatic heterocycles. The number of carbonyl (C=O) groups excluding carboxylic acids is 1. The van der Waals surface area contributed by atoms with E-state index in [1.807, 2.05) is 4.90 Å². The lowest BCUT2D eigenvalue weighted by atomic mass is 9.81. The van der Waals surface area contributed by atoms with Crippen molar-refractivity contribution in [3.63, 3.8) is 0 Å². The highest BCUT2D eigenvalue weighted by Crippen LogP contribution is 2.35. The van der Waals surface area contributed by atoms with Crippen LogP contribution < -0.4 is 0 Å². The molecule has 0 aliphatic carbocycles. The van der Waals surface area contributed by atoms with Crippen LogP contribution in [0.1, 0.15) is 38.7 Å². The van der Waals surface area contributed by atoms with Crippen molar-refractivity contribution in [2.24, 2.45) is 5.92 Å². The third-order valence-corrected chi connectivity index (χ3v) is 5.50. The fourth-order valence-corrected chi connectivity index (χ4v) is 4.05. The van der Waals surface area contributed by atoms with E-state index in [2.05, 4.69) is 0 Å². The van der Waals surface area contributed by atoms with Crippen LogP contribution in [0.15, 0.2) is 24.3 Å². The largest absolute Gasteiger partial charge is 0.393 e. The molecule has 4 nitrogen and oxygen atoms in total. The van der Waals surface area contributed by atoms with E-state index in [1.54, 1.807) is 32.0 Å². The normalized spacial score (nSPS) is 28.2. The predicted molar refractivity (Wildman–Crippen MR) is 89.1 cm³/mol. The molecule has 132 valence electrons. The standard InChI is InChI=1S/C19H26FNO3/c1-19(2,14-6-3-4-7-15(14)20)18(23)21-10-5-8-16(21)13-12-24-11-9-17(13)22/h3-4,6-7,13,16-17,22H,5,8-12H2,1-2H3. The SMILES string of the molecule is CC(C)(C(=O)N1CCCC1C1COCCC1O)c1ccccc1F. The minimum Gasteiger partial charge on any atom is -0.393 e. The van der Waals surface area contributed by atoms with E-state index in [0.29, 0.717) is 31.7 Å². The molecule has 3 rings (SSSR count). The summed E-state index contributed by atoms with van der Waals surface area (Å²) in [6.07, 6.45) is 1.95. The first-order valence-corrected chi connectivity index (χ1v) is 8.75. The van der Waals surface area contributed by atoms with Crippen molar-refractivity contribution in [1.29, 1.82) is 0 Å². The average Bonchev–Trinajstić information content (AvgIpc) is 3.04. The Kier molecular flexibility index (Phi) is 4.92. The molecule has 2 aliphatic rings. The Morgan fingerprint density at radius 2 is 2.08 bits per heavy atom. The van der Waals surface area contributed by atoms with Crippen molar-refractivity contribution in [3.8, 4) is 0 Å². The van der Waals surface area contributed by atoms with Gasteiger partial charge in [0.05, 0.1) is 18.1 Å². The van der Waals surface area contributed by atoms with Crippen molar-refractivity contribution in [2.75, 3.05) is 19.8 Å². The molecule has 1 aromatic carbocycles. The van der Waals surface area contributed by atoms with E-state index < -0.39 is 11.5 Å². The smallest absolute Gasteiger partial charge is 0.233 e. The summed E-state index contributed by atoms with van der Waals surface area (Å²) >= 11 is 0. The second-order valence-corrected chi connectivity index (χ2v) is 7.41. The van der Waals surface area contributed by atoms with Gasteiger partial charge in [-0.05, 0) is 39.2 Å². The summed E-state index contributed by atoms with van der Waals surface area (Å²) in [5.41, 5.74) is -0.518. The minimum absolute atomic E-state index is 0.0288. The van der Waals surface area contributed by atoms with Crippen LogP contribution in [0.25, 0.3) is 0 Å². The molecule has 1 aromatic rings. The first-order chi connectivity index (χ1) is 11.4.